The zero-order valence-corrected chi connectivity index (χ0v) is 21.7. The number of carbonyl (C=O) groups excluding carboxylic acids is 2. The first kappa shape index (κ1) is 25.9. The van der Waals surface area contributed by atoms with Crippen LogP contribution in [-0.4, -0.2) is 60.9 Å². The second kappa shape index (κ2) is 12.7. The van der Waals surface area contributed by atoms with Crippen molar-refractivity contribution in [2.45, 2.75) is 32.1 Å². The van der Waals surface area contributed by atoms with Gasteiger partial charge in [0.1, 0.15) is 5.75 Å². The summed E-state index contributed by atoms with van der Waals surface area (Å²) < 4.78 is 5.32. The summed E-state index contributed by atoms with van der Waals surface area (Å²) >= 11 is 1.68. The highest BCUT2D eigenvalue weighted by molar-refractivity contribution is 7.10. The van der Waals surface area contributed by atoms with E-state index in [1.165, 1.54) is 10.4 Å². The molecule has 0 bridgehead atoms. The van der Waals surface area contributed by atoms with E-state index in [4.69, 9.17) is 4.74 Å². The van der Waals surface area contributed by atoms with Crippen molar-refractivity contribution in [3.05, 3.63) is 88.1 Å². The van der Waals surface area contributed by atoms with Crippen LogP contribution in [0.15, 0.2) is 72.1 Å². The minimum absolute atomic E-state index is 0.00911. The van der Waals surface area contributed by atoms with Gasteiger partial charge in [-0.25, -0.2) is 0 Å². The number of nitrogens with one attached hydrogen (secondary N) is 2. The van der Waals surface area contributed by atoms with Gasteiger partial charge in [-0.2, -0.15) is 0 Å². The molecule has 3 aromatic rings. The molecule has 36 heavy (non-hydrogen) atoms. The Bertz CT molecular complexity index is 1110. The van der Waals surface area contributed by atoms with Crippen LogP contribution in [0.2, 0.25) is 0 Å². The van der Waals surface area contributed by atoms with Gasteiger partial charge in [0, 0.05) is 55.8 Å². The fourth-order valence-corrected chi connectivity index (χ4v) is 5.66. The largest absolute Gasteiger partial charge is 0.496 e. The van der Waals surface area contributed by atoms with Crippen molar-refractivity contribution >= 4 is 23.2 Å². The molecule has 0 radical (unpaired) electrons. The maximum absolute atomic E-state index is 12.8. The molecule has 0 unspecified atom stereocenters. The van der Waals surface area contributed by atoms with Crippen LogP contribution in [0.3, 0.4) is 0 Å². The highest BCUT2D eigenvalue weighted by Gasteiger charge is 2.31. The average molecular weight is 507 g/mol. The molecule has 1 fully saturated rings. The summed E-state index contributed by atoms with van der Waals surface area (Å²) in [6.45, 7) is 6.85. The molecule has 1 aromatic heterocycles. The van der Waals surface area contributed by atoms with Crippen LogP contribution in [-0.2, 0) is 22.7 Å². The van der Waals surface area contributed by atoms with Crippen molar-refractivity contribution in [2.24, 2.45) is 0 Å². The summed E-state index contributed by atoms with van der Waals surface area (Å²) in [5.74, 6) is -0.595. The van der Waals surface area contributed by atoms with Crippen LogP contribution in [0, 0.1) is 0 Å². The fourth-order valence-electron chi connectivity index (χ4n) is 4.70. The molecule has 7 nitrogen and oxygen atoms in total. The lowest BCUT2D eigenvalue weighted by Gasteiger charge is -2.41. The maximum Gasteiger partial charge on any atom is 0.309 e. The molecule has 0 spiro atoms. The summed E-state index contributed by atoms with van der Waals surface area (Å²) in [7, 11) is 1.58. The van der Waals surface area contributed by atoms with Gasteiger partial charge in [0.25, 0.3) is 0 Å². The van der Waals surface area contributed by atoms with Crippen LogP contribution in [0.1, 0.15) is 29.0 Å². The van der Waals surface area contributed by atoms with E-state index in [0.717, 1.165) is 38.3 Å². The summed E-state index contributed by atoms with van der Waals surface area (Å²) in [6.07, 6.45) is 0. The molecule has 1 saturated heterocycles. The fraction of sp³-hybridized carbons (Fsp3) is 0.357. The molecule has 1 aliphatic heterocycles. The minimum Gasteiger partial charge on any atom is -0.496 e. The summed E-state index contributed by atoms with van der Waals surface area (Å²) in [5.41, 5.74) is 2.14. The van der Waals surface area contributed by atoms with Crippen molar-refractivity contribution in [3.8, 4) is 5.75 Å². The Morgan fingerprint density at radius 2 is 1.67 bits per heavy atom. The quantitative estimate of drug-likeness (QED) is 0.435. The van der Waals surface area contributed by atoms with E-state index in [-0.39, 0.29) is 18.6 Å². The number of amides is 2. The lowest BCUT2D eigenvalue weighted by Crippen LogP contribution is -2.53. The zero-order valence-electron chi connectivity index (χ0n) is 20.9. The Kier molecular flexibility index (Phi) is 9.11. The molecular weight excluding hydrogens is 472 g/mol. The van der Waals surface area contributed by atoms with Gasteiger partial charge < -0.3 is 15.4 Å². The van der Waals surface area contributed by atoms with Gasteiger partial charge >= 0.3 is 11.8 Å². The molecule has 1 aliphatic rings. The second-order valence-electron chi connectivity index (χ2n) is 9.01. The molecule has 2 N–H and O–H groups in total. The summed E-state index contributed by atoms with van der Waals surface area (Å²) in [5, 5.41) is 7.72. The number of hydrogen-bond donors (Lipinski definition) is 2. The van der Waals surface area contributed by atoms with Crippen LogP contribution < -0.4 is 15.4 Å². The van der Waals surface area contributed by atoms with Crippen molar-refractivity contribution < 1.29 is 14.3 Å². The number of nitrogens with zero attached hydrogens (tertiary/aromatic N) is 2. The predicted octanol–water partition coefficient (Wildman–Crippen LogP) is 3.44. The molecular formula is C28H34N4O3S. The number of carbonyl (C=O) groups is 2. The lowest BCUT2D eigenvalue weighted by molar-refractivity contribution is -0.140. The molecule has 0 saturated carbocycles. The second-order valence-corrected chi connectivity index (χ2v) is 9.99. The Hall–Kier alpha value is -3.20. The molecule has 2 amide bonds. The van der Waals surface area contributed by atoms with Gasteiger partial charge in [0.15, 0.2) is 0 Å². The van der Waals surface area contributed by atoms with Gasteiger partial charge in [0.05, 0.1) is 13.2 Å². The van der Waals surface area contributed by atoms with Crippen LogP contribution in [0.5, 0.6) is 5.75 Å². The molecule has 4 rings (SSSR count). The van der Waals surface area contributed by atoms with Crippen molar-refractivity contribution in [2.75, 3.05) is 33.3 Å². The Labute approximate surface area is 217 Å². The number of para-hydroxylation sites is 1. The van der Waals surface area contributed by atoms with Crippen LogP contribution in [0.25, 0.3) is 0 Å². The molecule has 2 atom stereocenters. The first-order valence-electron chi connectivity index (χ1n) is 12.3. The Morgan fingerprint density at radius 1 is 0.944 bits per heavy atom. The monoisotopic (exact) mass is 506 g/mol. The first-order chi connectivity index (χ1) is 17.5. The van der Waals surface area contributed by atoms with Crippen molar-refractivity contribution in [3.63, 3.8) is 0 Å². The van der Waals surface area contributed by atoms with Gasteiger partial charge in [0.2, 0.25) is 0 Å². The molecule has 8 heteroatoms. The predicted molar refractivity (Wildman–Crippen MR) is 143 cm³/mol. The smallest absolute Gasteiger partial charge is 0.309 e. The number of benzene rings is 2. The number of rotatable bonds is 9. The molecule has 190 valence electrons. The minimum atomic E-state index is -0.648. The number of hydrogen-bond acceptors (Lipinski definition) is 6. The van der Waals surface area contributed by atoms with Gasteiger partial charge in [-0.3, -0.25) is 19.4 Å². The summed E-state index contributed by atoms with van der Waals surface area (Å²) in [4.78, 5) is 31.4. The van der Waals surface area contributed by atoms with Crippen LogP contribution in [0.4, 0.5) is 0 Å². The van der Waals surface area contributed by atoms with E-state index in [1.54, 1.807) is 18.4 Å². The Balaban J connectivity index is 1.34. The highest BCUT2D eigenvalue weighted by Crippen LogP contribution is 2.29. The molecule has 0 aliphatic carbocycles. The number of methoxy groups -OCH3 is 1. The topological polar surface area (TPSA) is 73.9 Å². The Morgan fingerprint density at radius 3 is 2.36 bits per heavy atom. The van der Waals surface area contributed by atoms with E-state index in [9.17, 15) is 9.59 Å². The highest BCUT2D eigenvalue weighted by atomic mass is 32.1. The molecule has 2 heterocycles. The number of piperazine rings is 1. The molecule has 2 aromatic carbocycles. The third kappa shape index (κ3) is 6.72. The lowest BCUT2D eigenvalue weighted by atomic mass is 10.0. The van der Waals surface area contributed by atoms with Crippen LogP contribution >= 0.6 is 11.3 Å². The number of ether oxygens (including phenoxy) is 1. The van der Waals surface area contributed by atoms with E-state index in [0.29, 0.717) is 5.75 Å². The van der Waals surface area contributed by atoms with Gasteiger partial charge in [-0.15, -0.1) is 11.3 Å². The zero-order chi connectivity index (χ0) is 25.3. The first-order valence-corrected chi connectivity index (χ1v) is 13.2. The average Bonchev–Trinajstić information content (AvgIpc) is 3.43. The number of thiophene rings is 1. The third-order valence-electron chi connectivity index (χ3n) is 6.55. The van der Waals surface area contributed by atoms with E-state index >= 15 is 0 Å². The summed E-state index contributed by atoms with van der Waals surface area (Å²) in [6, 6.07) is 21.9. The van der Waals surface area contributed by atoms with E-state index in [1.807, 2.05) is 43.3 Å². The van der Waals surface area contributed by atoms with E-state index in [2.05, 4.69) is 56.1 Å². The third-order valence-corrected chi connectivity index (χ3v) is 7.50. The van der Waals surface area contributed by atoms with Crippen molar-refractivity contribution in [1.82, 2.24) is 20.4 Å². The van der Waals surface area contributed by atoms with Gasteiger partial charge in [-0.1, -0.05) is 54.6 Å². The van der Waals surface area contributed by atoms with Gasteiger partial charge in [-0.05, 0) is 30.0 Å². The van der Waals surface area contributed by atoms with E-state index < -0.39 is 11.8 Å². The normalized spacial score (nSPS) is 16.2. The standard InChI is InChI=1S/C28H34N4O3S/c1-21(30-28(34)27(33)29-19-23-11-6-7-12-24(23)35-2)26(25-13-8-18-36-25)32-16-14-31(15-17-32)20-22-9-4-3-5-10-22/h3-13,18,21,26H,14-17,19-20H2,1-2H3,(H,29,33)(H,30,34)/t21-,26+/m0/s1. The SMILES string of the molecule is COc1ccccc1CNC(=O)C(=O)N[C@@H](C)[C@H](c1cccs1)N1CCN(Cc2ccccc2)CC1. The van der Waals surface area contributed by atoms with Crippen molar-refractivity contribution in [1.29, 1.82) is 0 Å². The maximum atomic E-state index is 12.8.